The molecule has 0 saturated carbocycles. The number of carbonyl (C=O) groups is 1. The van der Waals surface area contributed by atoms with Crippen LogP contribution in [0.4, 0.5) is 9.52 Å². The van der Waals surface area contributed by atoms with Crippen LogP contribution in [0.1, 0.15) is 12.0 Å². The summed E-state index contributed by atoms with van der Waals surface area (Å²) in [5.41, 5.74) is 1.89. The smallest absolute Gasteiger partial charge is 0.229 e. The van der Waals surface area contributed by atoms with E-state index in [0.29, 0.717) is 28.9 Å². The number of anilines is 1. The van der Waals surface area contributed by atoms with E-state index in [0.717, 1.165) is 53.5 Å². The summed E-state index contributed by atoms with van der Waals surface area (Å²) in [7, 11) is 0. The highest BCUT2D eigenvalue weighted by molar-refractivity contribution is 7.99. The third-order valence-electron chi connectivity index (χ3n) is 5.36. The summed E-state index contributed by atoms with van der Waals surface area (Å²) in [6.07, 6.45) is 0.369. The summed E-state index contributed by atoms with van der Waals surface area (Å²) >= 11 is 9.41. The topological polar surface area (TPSA) is 45.7 Å². The van der Waals surface area contributed by atoms with Gasteiger partial charge < -0.3 is 4.74 Å². The Hall–Kier alpha value is -1.71. The second kappa shape index (κ2) is 10.9. The van der Waals surface area contributed by atoms with E-state index in [4.69, 9.17) is 21.3 Å². The lowest BCUT2D eigenvalue weighted by Gasteiger charge is -2.29. The molecule has 0 aliphatic carbocycles. The molecule has 0 unspecified atom stereocenters. The molecule has 2 aromatic carbocycles. The first-order valence-corrected chi connectivity index (χ1v) is 12.7. The number of hydrogen-bond donors (Lipinski definition) is 0. The molecule has 2 heterocycles. The molecule has 3 aromatic rings. The third-order valence-corrected chi connectivity index (χ3v) is 7.91. The number of nitrogens with zero attached hydrogens (tertiary/aromatic N) is 3. The lowest BCUT2D eigenvalue weighted by atomic mass is 10.2. The van der Waals surface area contributed by atoms with Crippen LogP contribution in [-0.4, -0.2) is 60.9 Å². The Morgan fingerprint density at radius 3 is 2.72 bits per heavy atom. The van der Waals surface area contributed by atoms with E-state index in [1.807, 2.05) is 19.1 Å². The number of benzene rings is 2. The van der Waals surface area contributed by atoms with Gasteiger partial charge in [0.25, 0.3) is 0 Å². The summed E-state index contributed by atoms with van der Waals surface area (Å²) in [5, 5.41) is 1.34. The van der Waals surface area contributed by atoms with Gasteiger partial charge >= 0.3 is 0 Å². The van der Waals surface area contributed by atoms with Gasteiger partial charge in [-0.3, -0.25) is 14.6 Å². The zero-order valence-corrected chi connectivity index (χ0v) is 20.2. The van der Waals surface area contributed by atoms with Crippen molar-refractivity contribution in [3.63, 3.8) is 0 Å². The molecular weight excluding hydrogens is 469 g/mol. The Kier molecular flexibility index (Phi) is 8.02. The third kappa shape index (κ3) is 5.80. The Bertz CT molecular complexity index is 1030. The second-order valence-corrected chi connectivity index (χ2v) is 10.1. The largest absolute Gasteiger partial charge is 0.379 e. The fourth-order valence-electron chi connectivity index (χ4n) is 3.52. The Labute approximate surface area is 200 Å². The lowest BCUT2D eigenvalue weighted by molar-refractivity contribution is -0.118. The van der Waals surface area contributed by atoms with E-state index in [1.54, 1.807) is 28.8 Å². The van der Waals surface area contributed by atoms with Crippen LogP contribution >= 0.6 is 34.7 Å². The number of rotatable bonds is 8. The standard InChI is InChI=1S/C23H25ClFN3O2S2/c1-16-2-7-19(24)22-21(16)26-23(32-22)28(10-9-27-11-13-30-14-12-27)20(29)8-15-31-18-5-3-17(25)4-6-18/h2-7H,8-15H2,1H3. The average Bonchev–Trinajstić information content (AvgIpc) is 3.25. The minimum Gasteiger partial charge on any atom is -0.379 e. The van der Waals surface area contributed by atoms with E-state index in [1.165, 1.54) is 23.5 Å². The number of thiazole rings is 1. The highest BCUT2D eigenvalue weighted by Gasteiger charge is 2.22. The molecule has 5 nitrogen and oxygen atoms in total. The van der Waals surface area contributed by atoms with E-state index < -0.39 is 0 Å². The van der Waals surface area contributed by atoms with Gasteiger partial charge in [0, 0.05) is 43.2 Å². The van der Waals surface area contributed by atoms with Crippen LogP contribution in [0.15, 0.2) is 41.3 Å². The van der Waals surface area contributed by atoms with E-state index in [-0.39, 0.29) is 11.7 Å². The number of ether oxygens (including phenoxy) is 1. The average molecular weight is 494 g/mol. The SMILES string of the molecule is Cc1ccc(Cl)c2sc(N(CCN3CCOCC3)C(=O)CCSc3ccc(F)cc3)nc12. The Morgan fingerprint density at radius 1 is 1.25 bits per heavy atom. The number of halogens is 2. The number of aryl methyl sites for hydroxylation is 1. The van der Waals surface area contributed by atoms with Gasteiger partial charge in [0.15, 0.2) is 5.13 Å². The van der Waals surface area contributed by atoms with Gasteiger partial charge in [-0.15, -0.1) is 11.8 Å². The molecule has 32 heavy (non-hydrogen) atoms. The number of hydrogen-bond acceptors (Lipinski definition) is 6. The number of thioether (sulfide) groups is 1. The van der Waals surface area contributed by atoms with Gasteiger partial charge in [-0.1, -0.05) is 29.0 Å². The summed E-state index contributed by atoms with van der Waals surface area (Å²) in [4.78, 5) is 23.1. The minimum atomic E-state index is -0.260. The molecule has 170 valence electrons. The number of fused-ring (bicyclic) bond motifs is 1. The molecule has 0 radical (unpaired) electrons. The number of carbonyl (C=O) groups excluding carboxylic acids is 1. The van der Waals surface area contributed by atoms with Crippen molar-refractivity contribution in [2.75, 3.05) is 50.0 Å². The molecule has 1 fully saturated rings. The lowest BCUT2D eigenvalue weighted by Crippen LogP contribution is -2.43. The molecule has 0 bridgehead atoms. The van der Waals surface area contributed by atoms with E-state index in [9.17, 15) is 9.18 Å². The maximum absolute atomic E-state index is 13.3. The zero-order chi connectivity index (χ0) is 22.5. The molecule has 1 saturated heterocycles. The summed E-state index contributed by atoms with van der Waals surface area (Å²) in [5.74, 6) is 0.383. The van der Waals surface area contributed by atoms with Gasteiger partial charge in [0.1, 0.15) is 5.82 Å². The van der Waals surface area contributed by atoms with Crippen LogP contribution in [0.25, 0.3) is 10.2 Å². The predicted molar refractivity (Wildman–Crippen MR) is 131 cm³/mol. The number of aromatic nitrogens is 1. The van der Waals surface area contributed by atoms with Crippen molar-refractivity contribution in [1.82, 2.24) is 9.88 Å². The van der Waals surface area contributed by atoms with Crippen LogP contribution in [0, 0.1) is 12.7 Å². The fourth-order valence-corrected chi connectivity index (χ4v) is 5.72. The first-order chi connectivity index (χ1) is 15.5. The van der Waals surface area contributed by atoms with Crippen molar-refractivity contribution in [3.8, 4) is 0 Å². The molecule has 1 aliphatic rings. The maximum Gasteiger partial charge on any atom is 0.229 e. The fraction of sp³-hybridized carbons (Fsp3) is 0.391. The van der Waals surface area contributed by atoms with Crippen LogP contribution in [0.5, 0.6) is 0 Å². The normalized spacial score (nSPS) is 14.7. The Balaban J connectivity index is 1.48. The Morgan fingerprint density at radius 2 is 2.00 bits per heavy atom. The van der Waals surface area contributed by atoms with Gasteiger partial charge in [-0.2, -0.15) is 0 Å². The minimum absolute atomic E-state index is 0.0284. The monoisotopic (exact) mass is 493 g/mol. The number of amides is 1. The van der Waals surface area contributed by atoms with Crippen LogP contribution in [0.3, 0.4) is 0 Å². The summed E-state index contributed by atoms with van der Waals surface area (Å²) in [6.45, 7) is 6.51. The van der Waals surface area contributed by atoms with Gasteiger partial charge in [-0.25, -0.2) is 9.37 Å². The molecule has 1 aliphatic heterocycles. The summed E-state index contributed by atoms with van der Waals surface area (Å²) in [6, 6.07) is 10.2. The van der Waals surface area contributed by atoms with E-state index in [2.05, 4.69) is 4.90 Å². The highest BCUT2D eigenvalue weighted by Crippen LogP contribution is 2.36. The van der Waals surface area contributed by atoms with Crippen LogP contribution in [-0.2, 0) is 9.53 Å². The first-order valence-electron chi connectivity index (χ1n) is 10.6. The van der Waals surface area contributed by atoms with Crippen molar-refractivity contribution < 1.29 is 13.9 Å². The van der Waals surface area contributed by atoms with Gasteiger partial charge in [0.2, 0.25) is 5.91 Å². The molecule has 1 amide bonds. The molecular formula is C23H25ClFN3O2S2. The molecule has 0 N–H and O–H groups in total. The van der Waals surface area contributed by atoms with Gasteiger partial charge in [-0.05, 0) is 42.8 Å². The molecule has 0 atom stereocenters. The van der Waals surface area contributed by atoms with Crippen LogP contribution in [0.2, 0.25) is 5.02 Å². The molecule has 0 spiro atoms. The first kappa shape index (κ1) is 23.4. The molecule has 9 heteroatoms. The highest BCUT2D eigenvalue weighted by atomic mass is 35.5. The van der Waals surface area contributed by atoms with Crippen molar-refractivity contribution in [2.45, 2.75) is 18.2 Å². The van der Waals surface area contributed by atoms with Crippen molar-refractivity contribution in [1.29, 1.82) is 0 Å². The van der Waals surface area contributed by atoms with Gasteiger partial charge in [0.05, 0.1) is 28.5 Å². The van der Waals surface area contributed by atoms with Crippen LogP contribution < -0.4 is 4.90 Å². The molecule has 4 rings (SSSR count). The second-order valence-electron chi connectivity index (χ2n) is 7.59. The predicted octanol–water partition coefficient (Wildman–Crippen LogP) is 5.24. The molecule has 1 aromatic heterocycles. The van der Waals surface area contributed by atoms with E-state index >= 15 is 0 Å². The number of morpholine rings is 1. The summed E-state index contributed by atoms with van der Waals surface area (Å²) < 4.78 is 19.5. The zero-order valence-electron chi connectivity index (χ0n) is 17.9. The van der Waals surface area contributed by atoms with Crippen molar-refractivity contribution in [3.05, 3.63) is 52.8 Å². The maximum atomic E-state index is 13.3. The quantitative estimate of drug-likeness (QED) is 0.401. The van der Waals surface area contributed by atoms with Crippen molar-refractivity contribution in [2.24, 2.45) is 0 Å². The van der Waals surface area contributed by atoms with Crippen molar-refractivity contribution >= 4 is 56.0 Å².